The van der Waals surface area contributed by atoms with Crippen LogP contribution in [0.1, 0.15) is 35.6 Å². The Bertz CT molecular complexity index is 1770. The molecule has 48 heavy (non-hydrogen) atoms. The zero-order valence-electron chi connectivity index (χ0n) is 24.8. The van der Waals surface area contributed by atoms with Gasteiger partial charge in [0.05, 0.1) is 45.4 Å². The van der Waals surface area contributed by atoms with Crippen molar-refractivity contribution >= 4 is 47.2 Å². The topological polar surface area (TPSA) is 106 Å². The van der Waals surface area contributed by atoms with Crippen LogP contribution in [-0.2, 0) is 26.6 Å². The molecule has 4 atom stereocenters. The molecule has 2 fully saturated rings. The number of alkyl halides is 6. The van der Waals surface area contributed by atoms with E-state index in [0.29, 0.717) is 37.5 Å². The van der Waals surface area contributed by atoms with Crippen LogP contribution in [0.4, 0.5) is 32.0 Å². The number of methoxy groups -OCH3 is 1. The summed E-state index contributed by atoms with van der Waals surface area (Å²) in [5.41, 5.74) is -3.07. The lowest BCUT2D eigenvalue weighted by Crippen LogP contribution is -2.45. The van der Waals surface area contributed by atoms with Gasteiger partial charge < -0.3 is 24.3 Å². The van der Waals surface area contributed by atoms with Crippen LogP contribution in [0, 0.1) is 21.3 Å². The highest BCUT2D eigenvalue weighted by molar-refractivity contribution is 14.1. The number of anilines is 1. The van der Waals surface area contributed by atoms with Gasteiger partial charge in [0.15, 0.2) is 11.5 Å². The maximum atomic E-state index is 14.1. The highest BCUT2D eigenvalue weighted by Gasteiger charge is 2.58. The number of allylic oxidation sites excluding steroid dienone is 1. The minimum Gasteiger partial charge on any atom is -0.504 e. The van der Waals surface area contributed by atoms with E-state index in [1.807, 2.05) is 22.6 Å². The van der Waals surface area contributed by atoms with Gasteiger partial charge in [0.1, 0.15) is 12.4 Å². The van der Waals surface area contributed by atoms with Gasteiger partial charge in [-0.05, 0) is 100 Å². The Hall–Kier alpha value is -3.77. The normalized spacial score (nSPS) is 22.9. The highest BCUT2D eigenvalue weighted by atomic mass is 127. The number of aromatic hydroxyl groups is 1. The van der Waals surface area contributed by atoms with E-state index in [9.17, 15) is 46.1 Å². The van der Waals surface area contributed by atoms with Gasteiger partial charge in [-0.2, -0.15) is 26.3 Å². The number of para-hydroxylation sites is 1. The van der Waals surface area contributed by atoms with Gasteiger partial charge in [-0.15, -0.1) is 0 Å². The van der Waals surface area contributed by atoms with Crippen molar-refractivity contribution in [3.63, 3.8) is 0 Å². The van der Waals surface area contributed by atoms with Crippen LogP contribution >= 0.6 is 22.6 Å². The molecule has 0 aromatic heterocycles. The molecular formula is C32H25BF6INO7. The van der Waals surface area contributed by atoms with E-state index in [2.05, 4.69) is 0 Å². The van der Waals surface area contributed by atoms with Crippen LogP contribution in [0.15, 0.2) is 71.7 Å². The average molecular weight is 787 g/mol. The molecule has 0 radical (unpaired) electrons. The van der Waals surface area contributed by atoms with Crippen molar-refractivity contribution < 1.29 is 60.2 Å². The van der Waals surface area contributed by atoms with Crippen molar-refractivity contribution in [2.24, 2.45) is 17.8 Å². The van der Waals surface area contributed by atoms with Crippen LogP contribution in [0.25, 0.3) is 0 Å². The predicted molar refractivity (Wildman–Crippen MR) is 167 cm³/mol. The Morgan fingerprint density at radius 2 is 1.60 bits per heavy atom. The van der Waals surface area contributed by atoms with Gasteiger partial charge >= 0.3 is 19.5 Å². The molecule has 3 aromatic carbocycles. The second-order valence-electron chi connectivity index (χ2n) is 11.6. The van der Waals surface area contributed by atoms with Crippen molar-refractivity contribution in [1.29, 1.82) is 0 Å². The lowest BCUT2D eigenvalue weighted by Gasteiger charge is -2.42. The standard InChI is InChI=1S/C32H25BF6INO7/c1-46-25-9-15(8-23(40)28(25)42)24-13-21-26-22(7-16(27(21)33(45)48-24)14-47-20-5-3-2-4-6-20)29(43)41(30(26)44)19-11-17(31(34,35)36)10-18(12-19)32(37,38)39/h2-6,8-12,21-22,24,26,42,45H,7,13-14H2,1H3/t21-,22-,24-,26+/m0/s1. The molecule has 8 nitrogen and oxygen atoms in total. The van der Waals surface area contributed by atoms with E-state index in [1.165, 1.54) is 13.2 Å². The lowest BCUT2D eigenvalue weighted by molar-refractivity contribution is -0.143. The molecule has 2 amide bonds. The van der Waals surface area contributed by atoms with Crippen molar-refractivity contribution in [3.05, 3.63) is 92.0 Å². The summed E-state index contributed by atoms with van der Waals surface area (Å²) in [5, 5.41) is 21.7. The fourth-order valence-corrected chi connectivity index (χ4v) is 7.33. The minimum atomic E-state index is -5.20. The number of benzene rings is 3. The molecule has 252 valence electrons. The monoisotopic (exact) mass is 787 g/mol. The average Bonchev–Trinajstić information content (AvgIpc) is 3.29. The second-order valence-corrected chi connectivity index (χ2v) is 12.8. The number of fused-ring (bicyclic) bond motifs is 3. The summed E-state index contributed by atoms with van der Waals surface area (Å²) < 4.78 is 99.9. The number of imide groups is 1. The summed E-state index contributed by atoms with van der Waals surface area (Å²) in [5.74, 6) is -4.86. The summed E-state index contributed by atoms with van der Waals surface area (Å²) in [4.78, 5) is 28.4. The van der Waals surface area contributed by atoms with E-state index in [1.54, 1.807) is 36.4 Å². The first-order valence-corrected chi connectivity index (χ1v) is 15.6. The zero-order valence-corrected chi connectivity index (χ0v) is 27.0. The first-order valence-electron chi connectivity index (χ1n) is 14.5. The summed E-state index contributed by atoms with van der Waals surface area (Å²) in [6.45, 7) is -0.141. The predicted octanol–water partition coefficient (Wildman–Crippen LogP) is 6.73. The van der Waals surface area contributed by atoms with E-state index >= 15 is 0 Å². The first kappa shape index (κ1) is 34.1. The number of carbonyl (C=O) groups excluding carboxylic acids is 2. The number of hydrogen-bond acceptors (Lipinski definition) is 7. The van der Waals surface area contributed by atoms with Crippen LogP contribution < -0.4 is 14.4 Å². The molecule has 16 heteroatoms. The minimum absolute atomic E-state index is 0.00431. The van der Waals surface area contributed by atoms with Crippen LogP contribution in [0.5, 0.6) is 17.2 Å². The number of halogens is 7. The van der Waals surface area contributed by atoms with Crippen LogP contribution in [-0.4, -0.2) is 42.8 Å². The maximum Gasteiger partial charge on any atom is 0.487 e. The van der Waals surface area contributed by atoms with Crippen molar-refractivity contribution in [1.82, 2.24) is 0 Å². The van der Waals surface area contributed by atoms with Gasteiger partial charge in [-0.1, -0.05) is 18.2 Å². The summed E-state index contributed by atoms with van der Waals surface area (Å²) >= 11 is 1.87. The summed E-state index contributed by atoms with van der Waals surface area (Å²) in [6.07, 6.45) is -11.5. The summed E-state index contributed by atoms with van der Waals surface area (Å²) in [7, 11) is -0.268. The van der Waals surface area contributed by atoms with Crippen LogP contribution in [0.2, 0.25) is 0 Å². The van der Waals surface area contributed by atoms with Crippen molar-refractivity contribution in [3.8, 4) is 17.2 Å². The van der Waals surface area contributed by atoms with E-state index in [-0.39, 0.29) is 42.5 Å². The number of nitrogens with zero attached hydrogens (tertiary/aromatic N) is 1. The Morgan fingerprint density at radius 3 is 2.21 bits per heavy atom. The lowest BCUT2D eigenvalue weighted by atomic mass is 9.55. The third kappa shape index (κ3) is 6.24. The third-order valence-electron chi connectivity index (χ3n) is 8.84. The molecule has 2 saturated heterocycles. The zero-order chi connectivity index (χ0) is 34.7. The summed E-state index contributed by atoms with van der Waals surface area (Å²) in [6, 6.07) is 12.3. The number of hydrogen-bond donors (Lipinski definition) is 2. The van der Waals surface area contributed by atoms with E-state index in [0.717, 1.165) is 0 Å². The van der Waals surface area contributed by atoms with E-state index in [4.69, 9.17) is 14.1 Å². The molecule has 2 heterocycles. The molecule has 0 saturated carbocycles. The van der Waals surface area contributed by atoms with E-state index < -0.39 is 72.0 Å². The van der Waals surface area contributed by atoms with Crippen molar-refractivity contribution in [2.75, 3.05) is 18.6 Å². The highest BCUT2D eigenvalue weighted by Crippen LogP contribution is 2.53. The smallest absolute Gasteiger partial charge is 0.487 e. The number of ether oxygens (including phenoxy) is 2. The van der Waals surface area contributed by atoms with Crippen molar-refractivity contribution in [2.45, 2.75) is 31.3 Å². The Kier molecular flexibility index (Phi) is 8.95. The molecule has 0 bridgehead atoms. The largest absolute Gasteiger partial charge is 0.504 e. The molecule has 6 rings (SSSR count). The van der Waals surface area contributed by atoms with Gasteiger partial charge in [-0.25, -0.2) is 4.90 Å². The molecule has 0 unspecified atom stereocenters. The molecule has 3 aromatic rings. The number of carbonyl (C=O) groups is 2. The Morgan fingerprint density at radius 1 is 0.958 bits per heavy atom. The van der Waals surface area contributed by atoms with Gasteiger partial charge in [0, 0.05) is 0 Å². The second kappa shape index (κ2) is 12.6. The number of phenols is 1. The molecule has 3 aliphatic rings. The fraction of sp³-hybridized carbons (Fsp3) is 0.312. The molecule has 1 aliphatic carbocycles. The van der Waals surface area contributed by atoms with Gasteiger partial charge in [-0.3, -0.25) is 9.59 Å². The first-order chi connectivity index (χ1) is 22.6. The number of amides is 2. The van der Waals surface area contributed by atoms with Crippen LogP contribution in [0.3, 0.4) is 0 Å². The molecular weight excluding hydrogens is 762 g/mol. The Labute approximate surface area is 283 Å². The van der Waals surface area contributed by atoms with Gasteiger partial charge in [0.2, 0.25) is 11.8 Å². The fourth-order valence-electron chi connectivity index (χ4n) is 6.70. The SMILES string of the molecule is COc1cc([C@@H]2C[C@@H]3C(=C(COc4ccccc4)C[C@@H]4C(=O)N(c5cc(C(F)(F)F)cc(C(F)(F)F)c5)C(=O)[C@@H]43)B(O)O2)cc(I)c1O. The number of rotatable bonds is 6. The molecule has 0 spiro atoms. The maximum absolute atomic E-state index is 14.1. The quantitative estimate of drug-likeness (QED) is 0.124. The third-order valence-corrected chi connectivity index (χ3v) is 9.66. The molecule has 2 N–H and O–H groups in total. The van der Waals surface area contributed by atoms with Gasteiger partial charge in [0.25, 0.3) is 0 Å². The molecule has 2 aliphatic heterocycles. The Balaban J connectivity index is 1.43. The number of phenolic OH excluding ortho intramolecular Hbond substituents is 1.